The highest BCUT2D eigenvalue weighted by molar-refractivity contribution is 9.10. The maximum atomic E-state index is 10.5. The van der Waals surface area contributed by atoms with Gasteiger partial charge in [-0.2, -0.15) is 0 Å². The van der Waals surface area contributed by atoms with Gasteiger partial charge in [0.2, 0.25) is 0 Å². The summed E-state index contributed by atoms with van der Waals surface area (Å²) in [6.07, 6.45) is 0.852. The van der Waals surface area contributed by atoms with E-state index in [1.54, 1.807) is 11.8 Å². The summed E-state index contributed by atoms with van der Waals surface area (Å²) in [5, 5.41) is 0. The van der Waals surface area contributed by atoms with E-state index in [1.165, 1.54) is 0 Å². The molecular formula is C15H13BrO2S. The van der Waals surface area contributed by atoms with E-state index in [9.17, 15) is 4.79 Å². The van der Waals surface area contributed by atoms with E-state index in [-0.39, 0.29) is 0 Å². The molecule has 0 aliphatic rings. The summed E-state index contributed by atoms with van der Waals surface area (Å²) in [6.45, 7) is 0.649. The number of thioether (sulfide) groups is 1. The molecule has 0 radical (unpaired) electrons. The van der Waals surface area contributed by atoms with Crippen LogP contribution in [0.15, 0.2) is 57.9 Å². The minimum atomic E-state index is 0.649. The van der Waals surface area contributed by atoms with E-state index in [1.807, 2.05) is 48.5 Å². The lowest BCUT2D eigenvalue weighted by atomic mass is 10.2. The number of benzene rings is 2. The van der Waals surface area contributed by atoms with Crippen molar-refractivity contribution < 1.29 is 9.53 Å². The van der Waals surface area contributed by atoms with E-state index >= 15 is 0 Å². The molecule has 0 N–H and O–H groups in total. The summed E-state index contributed by atoms with van der Waals surface area (Å²) in [4.78, 5) is 11.7. The molecule has 0 amide bonds. The molecule has 98 valence electrons. The zero-order valence-corrected chi connectivity index (χ0v) is 12.6. The van der Waals surface area contributed by atoms with Gasteiger partial charge >= 0.3 is 0 Å². The maximum absolute atomic E-state index is 10.5. The minimum absolute atomic E-state index is 0.649. The number of carbonyl (C=O) groups is 1. The van der Waals surface area contributed by atoms with Crippen LogP contribution in [0.2, 0.25) is 0 Å². The molecule has 2 aromatic carbocycles. The Morgan fingerprint density at radius 2 is 1.95 bits per heavy atom. The molecule has 0 saturated carbocycles. The largest absolute Gasteiger partial charge is 0.493 e. The standard InChI is InChI=1S/C15H13BrO2S/c16-13-2-1-3-14(10-13)18-8-9-19-15-6-4-12(11-17)5-7-15/h1-7,10-11H,8-9H2. The normalized spacial score (nSPS) is 10.2. The number of aldehydes is 1. The van der Waals surface area contributed by atoms with Crippen molar-refractivity contribution in [3.63, 3.8) is 0 Å². The first-order valence-corrected chi connectivity index (χ1v) is 7.62. The summed E-state index contributed by atoms with van der Waals surface area (Å²) >= 11 is 5.12. The average molecular weight is 337 g/mol. The first-order chi connectivity index (χ1) is 9.28. The summed E-state index contributed by atoms with van der Waals surface area (Å²) in [7, 11) is 0. The zero-order chi connectivity index (χ0) is 13.5. The Balaban J connectivity index is 1.75. The van der Waals surface area contributed by atoms with E-state index in [0.29, 0.717) is 12.2 Å². The van der Waals surface area contributed by atoms with Gasteiger partial charge in [0.05, 0.1) is 6.61 Å². The SMILES string of the molecule is O=Cc1ccc(SCCOc2cccc(Br)c2)cc1. The third kappa shape index (κ3) is 4.73. The molecule has 19 heavy (non-hydrogen) atoms. The molecule has 0 aromatic heterocycles. The van der Waals surface area contributed by atoms with Crippen molar-refractivity contribution in [3.05, 3.63) is 58.6 Å². The van der Waals surface area contributed by atoms with Gasteiger partial charge in [0.1, 0.15) is 12.0 Å². The number of halogens is 1. The van der Waals surface area contributed by atoms with Gasteiger partial charge in [0.25, 0.3) is 0 Å². The van der Waals surface area contributed by atoms with Crippen molar-refractivity contribution in [2.75, 3.05) is 12.4 Å². The first-order valence-electron chi connectivity index (χ1n) is 5.84. The molecule has 0 bridgehead atoms. The zero-order valence-electron chi connectivity index (χ0n) is 10.2. The summed E-state index contributed by atoms with van der Waals surface area (Å²) < 4.78 is 6.66. The fourth-order valence-electron chi connectivity index (χ4n) is 1.52. The van der Waals surface area contributed by atoms with Crippen molar-refractivity contribution >= 4 is 34.0 Å². The van der Waals surface area contributed by atoms with Crippen LogP contribution in [0.4, 0.5) is 0 Å². The van der Waals surface area contributed by atoms with Crippen LogP contribution in [-0.4, -0.2) is 18.6 Å². The second-order valence-electron chi connectivity index (χ2n) is 3.84. The summed E-state index contributed by atoms with van der Waals surface area (Å²) in [5.74, 6) is 1.73. The van der Waals surface area contributed by atoms with Crippen LogP contribution in [0.3, 0.4) is 0 Å². The molecule has 0 spiro atoms. The Morgan fingerprint density at radius 1 is 1.16 bits per heavy atom. The topological polar surface area (TPSA) is 26.3 Å². The van der Waals surface area contributed by atoms with Gasteiger partial charge < -0.3 is 4.74 Å². The molecule has 2 nitrogen and oxygen atoms in total. The Bertz CT molecular complexity index is 540. The molecule has 0 fully saturated rings. The van der Waals surface area contributed by atoms with Crippen molar-refractivity contribution in [1.29, 1.82) is 0 Å². The van der Waals surface area contributed by atoms with Crippen LogP contribution in [-0.2, 0) is 0 Å². The lowest BCUT2D eigenvalue weighted by Gasteiger charge is -2.06. The van der Waals surface area contributed by atoms with E-state index < -0.39 is 0 Å². The third-order valence-corrected chi connectivity index (χ3v) is 3.90. The Hall–Kier alpha value is -1.26. The van der Waals surface area contributed by atoms with E-state index in [0.717, 1.165) is 27.2 Å². The molecule has 0 heterocycles. The highest BCUT2D eigenvalue weighted by Crippen LogP contribution is 2.20. The number of hydrogen-bond donors (Lipinski definition) is 0. The Morgan fingerprint density at radius 3 is 2.63 bits per heavy atom. The highest BCUT2D eigenvalue weighted by Gasteiger charge is 1.97. The van der Waals surface area contributed by atoms with Crippen molar-refractivity contribution in [2.24, 2.45) is 0 Å². The molecule has 0 unspecified atom stereocenters. The van der Waals surface area contributed by atoms with Gasteiger partial charge in [-0.1, -0.05) is 34.1 Å². The van der Waals surface area contributed by atoms with Gasteiger partial charge in [-0.05, 0) is 30.3 Å². The lowest BCUT2D eigenvalue weighted by Crippen LogP contribution is -1.99. The van der Waals surface area contributed by atoms with Crippen LogP contribution in [0.25, 0.3) is 0 Å². The van der Waals surface area contributed by atoms with Crippen LogP contribution in [0.5, 0.6) is 5.75 Å². The molecule has 0 atom stereocenters. The molecule has 0 saturated heterocycles. The third-order valence-electron chi connectivity index (χ3n) is 2.43. The fraction of sp³-hybridized carbons (Fsp3) is 0.133. The monoisotopic (exact) mass is 336 g/mol. The minimum Gasteiger partial charge on any atom is -0.493 e. The maximum Gasteiger partial charge on any atom is 0.150 e. The predicted octanol–water partition coefficient (Wildman–Crippen LogP) is 4.43. The molecular weight excluding hydrogens is 324 g/mol. The average Bonchev–Trinajstić information content (AvgIpc) is 2.44. The lowest BCUT2D eigenvalue weighted by molar-refractivity contribution is 0.112. The molecule has 2 rings (SSSR count). The van der Waals surface area contributed by atoms with Gasteiger partial charge in [-0.3, -0.25) is 4.79 Å². The van der Waals surface area contributed by atoms with Gasteiger partial charge in [0.15, 0.2) is 0 Å². The van der Waals surface area contributed by atoms with Gasteiger partial charge in [0, 0.05) is 20.7 Å². The predicted molar refractivity (Wildman–Crippen MR) is 82.2 cm³/mol. The fourth-order valence-corrected chi connectivity index (χ4v) is 2.63. The Labute approximate surface area is 125 Å². The van der Waals surface area contributed by atoms with Crippen LogP contribution in [0, 0.1) is 0 Å². The molecule has 0 aliphatic heterocycles. The van der Waals surface area contributed by atoms with Crippen molar-refractivity contribution in [3.8, 4) is 5.75 Å². The first kappa shape index (κ1) is 14.2. The van der Waals surface area contributed by atoms with Gasteiger partial charge in [-0.25, -0.2) is 0 Å². The summed E-state index contributed by atoms with van der Waals surface area (Å²) in [6, 6.07) is 15.4. The number of ether oxygens (including phenoxy) is 1. The summed E-state index contributed by atoms with van der Waals surface area (Å²) in [5.41, 5.74) is 0.703. The quantitative estimate of drug-likeness (QED) is 0.443. The molecule has 4 heteroatoms. The molecule has 0 aliphatic carbocycles. The molecule has 2 aromatic rings. The van der Waals surface area contributed by atoms with Crippen molar-refractivity contribution in [1.82, 2.24) is 0 Å². The van der Waals surface area contributed by atoms with Crippen LogP contribution in [0.1, 0.15) is 10.4 Å². The van der Waals surface area contributed by atoms with E-state index in [4.69, 9.17) is 4.74 Å². The highest BCUT2D eigenvalue weighted by atomic mass is 79.9. The Kier molecular flexibility index (Phi) is 5.48. The van der Waals surface area contributed by atoms with Gasteiger partial charge in [-0.15, -0.1) is 11.8 Å². The smallest absolute Gasteiger partial charge is 0.150 e. The number of carbonyl (C=O) groups excluding carboxylic acids is 1. The number of rotatable bonds is 6. The van der Waals surface area contributed by atoms with E-state index in [2.05, 4.69) is 15.9 Å². The van der Waals surface area contributed by atoms with Crippen LogP contribution >= 0.6 is 27.7 Å². The number of hydrogen-bond acceptors (Lipinski definition) is 3. The second-order valence-corrected chi connectivity index (χ2v) is 5.93. The van der Waals surface area contributed by atoms with Crippen molar-refractivity contribution in [2.45, 2.75) is 4.90 Å². The van der Waals surface area contributed by atoms with Crippen LogP contribution < -0.4 is 4.74 Å². The second kappa shape index (κ2) is 7.36.